The Kier molecular flexibility index (Phi) is 3.16. The van der Waals surface area contributed by atoms with E-state index < -0.39 is 11.8 Å². The molecule has 24 heavy (non-hydrogen) atoms. The molecule has 0 saturated heterocycles. The smallest absolute Gasteiger partial charge is 0.250 e. The Morgan fingerprint density at radius 2 is 1.96 bits per heavy atom. The maximum absolute atomic E-state index is 11.8. The first kappa shape index (κ1) is 14.5. The van der Waals surface area contributed by atoms with Gasteiger partial charge in [-0.2, -0.15) is 0 Å². The van der Waals surface area contributed by atoms with Crippen LogP contribution in [0.2, 0.25) is 0 Å². The van der Waals surface area contributed by atoms with Gasteiger partial charge in [-0.15, -0.1) is 0 Å². The lowest BCUT2D eigenvalue weighted by molar-refractivity contribution is -0.114. The molecule has 4 N–H and O–H groups in total. The fraction of sp³-hybridized carbons (Fsp3) is 0.158. The molecule has 3 aliphatic rings. The molecule has 4 rings (SSSR count). The number of carbonyl (C=O) groups excluding carboxylic acids is 2. The monoisotopic (exact) mass is 319 g/mol. The van der Waals surface area contributed by atoms with Gasteiger partial charge < -0.3 is 16.4 Å². The van der Waals surface area contributed by atoms with Gasteiger partial charge >= 0.3 is 0 Å². The van der Waals surface area contributed by atoms with E-state index in [9.17, 15) is 9.59 Å². The van der Waals surface area contributed by atoms with Crippen molar-refractivity contribution in [1.82, 2.24) is 0 Å². The Balaban J connectivity index is 1.93. The van der Waals surface area contributed by atoms with Crippen LogP contribution in [0.1, 0.15) is 28.8 Å². The lowest BCUT2D eigenvalue weighted by atomic mass is 9.91. The van der Waals surface area contributed by atoms with Crippen molar-refractivity contribution in [2.24, 2.45) is 11.5 Å². The summed E-state index contributed by atoms with van der Waals surface area (Å²) in [6.45, 7) is 0. The van der Waals surface area contributed by atoms with Crippen LogP contribution in [0, 0.1) is 0 Å². The number of primary amides is 2. The zero-order valence-electron chi connectivity index (χ0n) is 13.1. The summed E-state index contributed by atoms with van der Waals surface area (Å²) in [5.41, 5.74) is 17.2. The van der Waals surface area contributed by atoms with Gasteiger partial charge in [0.2, 0.25) is 11.8 Å². The van der Waals surface area contributed by atoms with Crippen molar-refractivity contribution in [2.75, 3.05) is 4.90 Å². The Labute approximate surface area is 139 Å². The first-order valence-corrected chi connectivity index (χ1v) is 7.89. The van der Waals surface area contributed by atoms with Crippen molar-refractivity contribution in [3.05, 3.63) is 76.2 Å². The molecule has 2 amide bonds. The summed E-state index contributed by atoms with van der Waals surface area (Å²) in [5, 5.41) is 0. The minimum absolute atomic E-state index is 0.446. The van der Waals surface area contributed by atoms with Gasteiger partial charge in [0.15, 0.2) is 0 Å². The number of nitrogens with two attached hydrogens (primary N) is 2. The zero-order valence-corrected chi connectivity index (χ0v) is 13.1. The molecule has 2 aliphatic heterocycles. The van der Waals surface area contributed by atoms with E-state index in [1.807, 2.05) is 23.1 Å². The van der Waals surface area contributed by atoms with Crippen molar-refractivity contribution in [1.29, 1.82) is 0 Å². The average molecular weight is 319 g/mol. The van der Waals surface area contributed by atoms with Crippen LogP contribution in [0.15, 0.2) is 65.0 Å². The maximum atomic E-state index is 11.8. The summed E-state index contributed by atoms with van der Waals surface area (Å²) >= 11 is 0. The molecule has 0 spiro atoms. The van der Waals surface area contributed by atoms with Crippen molar-refractivity contribution < 1.29 is 9.59 Å². The van der Waals surface area contributed by atoms with Gasteiger partial charge in [0.25, 0.3) is 0 Å². The highest BCUT2D eigenvalue weighted by atomic mass is 16.1. The highest BCUT2D eigenvalue weighted by Crippen LogP contribution is 2.42. The fourth-order valence-corrected chi connectivity index (χ4v) is 3.51. The SMILES string of the molecule is NC(=O)C1=CN2C(=C3CCC=CC3=C1)Cc1ccc(C(N)=O)cc12. The number of fused-ring (bicyclic) bond motifs is 4. The van der Waals surface area contributed by atoms with Crippen LogP contribution < -0.4 is 16.4 Å². The van der Waals surface area contributed by atoms with Gasteiger partial charge in [0.05, 0.1) is 5.57 Å². The molecule has 2 heterocycles. The third-order valence-electron chi connectivity index (χ3n) is 4.70. The van der Waals surface area contributed by atoms with Gasteiger partial charge in [-0.05, 0) is 47.8 Å². The number of hydrogen-bond acceptors (Lipinski definition) is 3. The number of anilines is 1. The fourth-order valence-electron chi connectivity index (χ4n) is 3.51. The topological polar surface area (TPSA) is 89.4 Å². The highest BCUT2D eigenvalue weighted by Gasteiger charge is 2.30. The van der Waals surface area contributed by atoms with Crippen molar-refractivity contribution in [3.8, 4) is 0 Å². The van der Waals surface area contributed by atoms with E-state index in [-0.39, 0.29) is 0 Å². The van der Waals surface area contributed by atoms with Crippen molar-refractivity contribution in [2.45, 2.75) is 19.3 Å². The van der Waals surface area contributed by atoms with Crippen molar-refractivity contribution in [3.63, 3.8) is 0 Å². The molecule has 5 heteroatoms. The number of benzene rings is 1. The van der Waals surface area contributed by atoms with Gasteiger partial charge in [0.1, 0.15) is 0 Å². The molecular formula is C19H17N3O2. The molecule has 5 nitrogen and oxygen atoms in total. The third kappa shape index (κ3) is 2.17. The molecule has 120 valence electrons. The van der Waals surface area contributed by atoms with E-state index in [0.29, 0.717) is 11.1 Å². The van der Waals surface area contributed by atoms with Gasteiger partial charge in [-0.25, -0.2) is 0 Å². The summed E-state index contributed by atoms with van der Waals surface area (Å²) in [5.74, 6) is -0.936. The standard InChI is InChI=1S/C19H17N3O2/c20-18(23)13-6-5-12-8-17-15-4-2-1-3-11(15)7-14(19(21)24)10-22(17)16(12)9-13/h1,3,5-7,9-10H,2,4,8H2,(H2,20,23)(H2,21,24). The number of rotatable bonds is 2. The summed E-state index contributed by atoms with van der Waals surface area (Å²) in [6, 6.07) is 5.45. The van der Waals surface area contributed by atoms with Crippen LogP contribution in [0.4, 0.5) is 5.69 Å². The van der Waals surface area contributed by atoms with Gasteiger partial charge in [-0.3, -0.25) is 9.59 Å². The van der Waals surface area contributed by atoms with E-state index in [1.165, 1.54) is 5.57 Å². The Morgan fingerprint density at radius 1 is 1.12 bits per heavy atom. The second-order valence-corrected chi connectivity index (χ2v) is 6.17. The van der Waals surface area contributed by atoms with E-state index >= 15 is 0 Å². The molecule has 0 fully saturated rings. The second-order valence-electron chi connectivity index (χ2n) is 6.17. The maximum Gasteiger partial charge on any atom is 0.250 e. The second kappa shape index (κ2) is 5.23. The van der Waals surface area contributed by atoms with Crippen LogP contribution >= 0.6 is 0 Å². The lowest BCUT2D eigenvalue weighted by Gasteiger charge is -2.21. The van der Waals surface area contributed by atoms with Crippen LogP contribution in [-0.2, 0) is 11.2 Å². The molecule has 0 saturated carbocycles. The first-order valence-electron chi connectivity index (χ1n) is 7.89. The Bertz CT molecular complexity index is 903. The minimum atomic E-state index is -0.471. The van der Waals surface area contributed by atoms with E-state index in [0.717, 1.165) is 41.8 Å². The first-order chi connectivity index (χ1) is 11.5. The number of nitrogens with zero attached hydrogens (tertiary/aromatic N) is 1. The van der Waals surface area contributed by atoms with E-state index in [2.05, 4.69) is 6.08 Å². The molecule has 0 atom stereocenters. The normalized spacial score (nSPS) is 18.2. The molecule has 0 aromatic heterocycles. The predicted octanol–water partition coefficient (Wildman–Crippen LogP) is 2.06. The summed E-state index contributed by atoms with van der Waals surface area (Å²) in [4.78, 5) is 25.3. The summed E-state index contributed by atoms with van der Waals surface area (Å²) < 4.78 is 0. The highest BCUT2D eigenvalue weighted by molar-refractivity contribution is 5.98. The van der Waals surface area contributed by atoms with Crippen LogP contribution in [0.5, 0.6) is 0 Å². The molecule has 0 bridgehead atoms. The molecule has 1 aromatic rings. The quantitative estimate of drug-likeness (QED) is 0.874. The van der Waals surface area contributed by atoms with Crippen molar-refractivity contribution >= 4 is 17.5 Å². The molecule has 1 aromatic carbocycles. The number of carbonyl (C=O) groups is 2. The molecular weight excluding hydrogens is 302 g/mol. The largest absolute Gasteiger partial charge is 0.366 e. The van der Waals surface area contributed by atoms with Crippen LogP contribution in [0.3, 0.4) is 0 Å². The Hall–Kier alpha value is -3.08. The third-order valence-corrected chi connectivity index (χ3v) is 4.70. The van der Waals surface area contributed by atoms with Crippen LogP contribution in [0.25, 0.3) is 0 Å². The molecule has 1 aliphatic carbocycles. The molecule has 0 radical (unpaired) electrons. The predicted molar refractivity (Wildman–Crippen MR) is 91.9 cm³/mol. The average Bonchev–Trinajstić information content (AvgIpc) is 2.83. The summed E-state index contributed by atoms with van der Waals surface area (Å²) in [6.07, 6.45) is 10.4. The van der Waals surface area contributed by atoms with Crippen LogP contribution in [-0.4, -0.2) is 11.8 Å². The zero-order chi connectivity index (χ0) is 16.8. The minimum Gasteiger partial charge on any atom is -0.366 e. The van der Waals surface area contributed by atoms with Gasteiger partial charge in [0, 0.05) is 29.6 Å². The molecule has 0 unspecified atom stereocenters. The number of allylic oxidation sites excluding steroid dienone is 5. The Morgan fingerprint density at radius 3 is 2.71 bits per heavy atom. The number of hydrogen-bond donors (Lipinski definition) is 2. The van der Waals surface area contributed by atoms with E-state index in [4.69, 9.17) is 11.5 Å². The van der Waals surface area contributed by atoms with Gasteiger partial charge in [-0.1, -0.05) is 18.2 Å². The summed E-state index contributed by atoms with van der Waals surface area (Å²) in [7, 11) is 0. The lowest BCUT2D eigenvalue weighted by Crippen LogP contribution is -2.18. The van der Waals surface area contributed by atoms with E-state index in [1.54, 1.807) is 18.3 Å². The number of amides is 2.